The molecule has 31 heavy (non-hydrogen) atoms. The average Bonchev–Trinajstić information content (AvgIpc) is 3.43. The summed E-state index contributed by atoms with van der Waals surface area (Å²) < 4.78 is 5.39. The lowest BCUT2D eigenvalue weighted by molar-refractivity contribution is -0.158. The van der Waals surface area contributed by atoms with Gasteiger partial charge in [0.05, 0.1) is 5.92 Å². The number of carbonyl (C=O) groups is 5. The highest BCUT2D eigenvalue weighted by atomic mass is 16.5. The molecule has 3 saturated heterocycles. The number of likely N-dealkylation sites (N-methyl/N-ethyl adjacent to an activating group) is 1. The standard InChI is InChI=1S/C21H32N4O6/c1-12-11-31-21(30)16-8-6-10-25(16)19(28)13(2)22-17(26)14(3)23(4)20(29)15-7-5-9-24(15)18(12)27/h12-16H,5-11H2,1-4H3,(H,22,26)/t12?,13-,14-,15-,16-/m0/s1. The number of amides is 4. The average molecular weight is 437 g/mol. The van der Waals surface area contributed by atoms with Crippen LogP contribution in [0.4, 0.5) is 0 Å². The van der Waals surface area contributed by atoms with Crippen molar-refractivity contribution in [1.29, 1.82) is 0 Å². The molecular weight excluding hydrogens is 404 g/mol. The summed E-state index contributed by atoms with van der Waals surface area (Å²) in [6.07, 6.45) is 2.34. The number of rotatable bonds is 0. The molecule has 4 amide bonds. The Hall–Kier alpha value is -2.65. The first-order chi connectivity index (χ1) is 14.6. The Bertz CT molecular complexity index is 771. The zero-order valence-corrected chi connectivity index (χ0v) is 18.6. The molecule has 3 aliphatic heterocycles. The number of esters is 1. The van der Waals surface area contributed by atoms with Crippen LogP contribution < -0.4 is 5.32 Å². The van der Waals surface area contributed by atoms with E-state index in [1.807, 2.05) is 0 Å². The number of cyclic esters (lactones) is 1. The number of nitrogens with one attached hydrogen (secondary N) is 1. The lowest BCUT2D eigenvalue weighted by atomic mass is 10.1. The molecule has 0 aromatic carbocycles. The van der Waals surface area contributed by atoms with Crippen LogP contribution in [0.2, 0.25) is 0 Å². The molecule has 0 saturated carbocycles. The Balaban J connectivity index is 1.88. The van der Waals surface area contributed by atoms with Crippen LogP contribution in [0.1, 0.15) is 46.5 Å². The van der Waals surface area contributed by atoms with E-state index in [4.69, 9.17) is 4.74 Å². The molecule has 10 heteroatoms. The summed E-state index contributed by atoms with van der Waals surface area (Å²) in [5, 5.41) is 2.66. The minimum Gasteiger partial charge on any atom is -0.463 e. The Kier molecular flexibility index (Phi) is 6.86. The third-order valence-electron chi connectivity index (χ3n) is 6.56. The van der Waals surface area contributed by atoms with Gasteiger partial charge in [0, 0.05) is 20.1 Å². The van der Waals surface area contributed by atoms with Gasteiger partial charge in [-0.05, 0) is 39.5 Å². The van der Waals surface area contributed by atoms with E-state index in [1.165, 1.54) is 21.7 Å². The summed E-state index contributed by atoms with van der Waals surface area (Å²) in [4.78, 5) is 68.6. The molecule has 0 aromatic rings. The van der Waals surface area contributed by atoms with Crippen LogP contribution in [0.25, 0.3) is 0 Å². The number of nitrogens with zero attached hydrogens (tertiary/aromatic N) is 3. The fourth-order valence-electron chi connectivity index (χ4n) is 4.47. The van der Waals surface area contributed by atoms with Gasteiger partial charge >= 0.3 is 5.97 Å². The van der Waals surface area contributed by atoms with E-state index in [2.05, 4.69) is 5.32 Å². The Labute approximate surface area is 182 Å². The maximum absolute atomic E-state index is 13.1. The van der Waals surface area contributed by atoms with Gasteiger partial charge in [0.15, 0.2) is 0 Å². The van der Waals surface area contributed by atoms with Crippen LogP contribution >= 0.6 is 0 Å². The highest BCUT2D eigenvalue weighted by molar-refractivity contribution is 5.95. The van der Waals surface area contributed by atoms with E-state index in [0.717, 1.165) is 0 Å². The lowest BCUT2D eigenvalue weighted by Gasteiger charge is -2.33. The van der Waals surface area contributed by atoms with E-state index in [-0.39, 0.29) is 24.3 Å². The van der Waals surface area contributed by atoms with Crippen molar-refractivity contribution in [1.82, 2.24) is 20.0 Å². The van der Waals surface area contributed by atoms with Crippen molar-refractivity contribution in [2.75, 3.05) is 26.7 Å². The topological polar surface area (TPSA) is 116 Å². The van der Waals surface area contributed by atoms with Crippen molar-refractivity contribution in [2.24, 2.45) is 5.92 Å². The third-order valence-corrected chi connectivity index (χ3v) is 6.56. The second-order valence-corrected chi connectivity index (χ2v) is 8.77. The van der Waals surface area contributed by atoms with E-state index in [9.17, 15) is 24.0 Å². The molecule has 3 aliphatic rings. The molecule has 0 spiro atoms. The normalized spacial score (nSPS) is 33.9. The summed E-state index contributed by atoms with van der Waals surface area (Å²) in [6, 6.07) is -3.03. The van der Waals surface area contributed by atoms with Gasteiger partial charge in [-0.15, -0.1) is 0 Å². The number of fused-ring (bicyclic) bond motifs is 2. The molecule has 1 unspecified atom stereocenters. The second-order valence-electron chi connectivity index (χ2n) is 8.77. The summed E-state index contributed by atoms with van der Waals surface area (Å²) in [7, 11) is 1.53. The Morgan fingerprint density at radius 3 is 2.06 bits per heavy atom. The van der Waals surface area contributed by atoms with Gasteiger partial charge in [-0.25, -0.2) is 4.79 Å². The first kappa shape index (κ1) is 23.0. The molecule has 0 aliphatic carbocycles. The molecule has 1 N–H and O–H groups in total. The van der Waals surface area contributed by atoms with E-state index in [0.29, 0.717) is 38.8 Å². The van der Waals surface area contributed by atoms with Crippen LogP contribution in [-0.2, 0) is 28.7 Å². The zero-order valence-electron chi connectivity index (χ0n) is 18.6. The maximum Gasteiger partial charge on any atom is 0.328 e. The van der Waals surface area contributed by atoms with Crippen molar-refractivity contribution in [3.05, 3.63) is 0 Å². The molecule has 5 atom stereocenters. The lowest BCUT2D eigenvalue weighted by Crippen LogP contribution is -2.57. The third kappa shape index (κ3) is 4.52. The molecular formula is C21H32N4O6. The number of hydrogen-bond acceptors (Lipinski definition) is 6. The van der Waals surface area contributed by atoms with Crippen LogP contribution in [-0.4, -0.2) is 95.2 Å². The molecule has 0 aromatic heterocycles. The minimum atomic E-state index is -0.844. The number of carbonyl (C=O) groups excluding carboxylic acids is 5. The predicted molar refractivity (Wildman–Crippen MR) is 109 cm³/mol. The van der Waals surface area contributed by atoms with Crippen LogP contribution in [0.3, 0.4) is 0 Å². The van der Waals surface area contributed by atoms with Gasteiger partial charge in [0.25, 0.3) is 0 Å². The van der Waals surface area contributed by atoms with Gasteiger partial charge < -0.3 is 24.8 Å². The van der Waals surface area contributed by atoms with E-state index in [1.54, 1.807) is 20.8 Å². The van der Waals surface area contributed by atoms with Crippen molar-refractivity contribution in [2.45, 2.75) is 70.6 Å². The van der Waals surface area contributed by atoms with Crippen LogP contribution in [0, 0.1) is 5.92 Å². The molecule has 3 fully saturated rings. The largest absolute Gasteiger partial charge is 0.463 e. The van der Waals surface area contributed by atoms with Gasteiger partial charge in [-0.3, -0.25) is 19.2 Å². The summed E-state index contributed by atoms with van der Waals surface area (Å²) in [5.74, 6) is -2.56. The highest BCUT2D eigenvalue weighted by Crippen LogP contribution is 2.24. The Morgan fingerprint density at radius 1 is 0.839 bits per heavy atom. The molecule has 0 bridgehead atoms. The van der Waals surface area contributed by atoms with Gasteiger partial charge in [-0.2, -0.15) is 0 Å². The molecule has 10 nitrogen and oxygen atoms in total. The van der Waals surface area contributed by atoms with Gasteiger partial charge in [0.1, 0.15) is 30.8 Å². The van der Waals surface area contributed by atoms with Gasteiger partial charge in [0.2, 0.25) is 23.6 Å². The van der Waals surface area contributed by atoms with Crippen LogP contribution in [0.15, 0.2) is 0 Å². The Morgan fingerprint density at radius 2 is 1.42 bits per heavy atom. The van der Waals surface area contributed by atoms with Crippen molar-refractivity contribution < 1.29 is 28.7 Å². The van der Waals surface area contributed by atoms with Crippen molar-refractivity contribution in [3.8, 4) is 0 Å². The molecule has 3 rings (SSSR count). The SMILES string of the molecule is CC1COC(=O)[C@@H]2CCCN2C(=O)[C@H](C)NC(=O)[C@H](C)N(C)C(=O)[C@@H]2CCCN2C1=O. The fraction of sp³-hybridized carbons (Fsp3) is 0.762. The highest BCUT2D eigenvalue weighted by Gasteiger charge is 2.41. The fourth-order valence-corrected chi connectivity index (χ4v) is 4.47. The first-order valence-electron chi connectivity index (χ1n) is 11.0. The maximum atomic E-state index is 13.1. The predicted octanol–water partition coefficient (Wildman–Crippen LogP) is -0.487. The number of ether oxygens (including phenoxy) is 1. The van der Waals surface area contributed by atoms with Crippen molar-refractivity contribution >= 4 is 29.6 Å². The summed E-state index contributed by atoms with van der Waals surface area (Å²) in [6.45, 7) is 5.57. The van der Waals surface area contributed by atoms with E-state index < -0.39 is 42.0 Å². The molecule has 3 heterocycles. The second kappa shape index (κ2) is 9.23. The number of hydrogen-bond donors (Lipinski definition) is 1. The summed E-state index contributed by atoms with van der Waals surface area (Å²) >= 11 is 0. The van der Waals surface area contributed by atoms with E-state index >= 15 is 0 Å². The quantitative estimate of drug-likeness (QED) is 0.513. The van der Waals surface area contributed by atoms with Crippen molar-refractivity contribution in [3.63, 3.8) is 0 Å². The summed E-state index contributed by atoms with van der Waals surface area (Å²) in [5.41, 5.74) is 0. The van der Waals surface area contributed by atoms with Crippen LogP contribution in [0.5, 0.6) is 0 Å². The smallest absolute Gasteiger partial charge is 0.328 e. The first-order valence-corrected chi connectivity index (χ1v) is 11.0. The molecule has 0 radical (unpaired) electrons. The molecule has 172 valence electrons. The minimum absolute atomic E-state index is 0.105. The monoisotopic (exact) mass is 436 g/mol. The zero-order chi connectivity index (χ0) is 22.9. The van der Waals surface area contributed by atoms with Gasteiger partial charge in [-0.1, -0.05) is 6.92 Å².